The number of nitrogens with two attached hydrogens (primary N) is 1. The summed E-state index contributed by atoms with van der Waals surface area (Å²) in [5.74, 6) is -0.224. The first-order valence-electron chi connectivity index (χ1n) is 4.40. The predicted octanol–water partition coefficient (Wildman–Crippen LogP) is 1.24. The number of anilines is 2. The van der Waals surface area contributed by atoms with Gasteiger partial charge in [-0.25, -0.2) is 0 Å². The van der Waals surface area contributed by atoms with Gasteiger partial charge in [-0.3, -0.25) is 9.89 Å². The van der Waals surface area contributed by atoms with E-state index in [0.717, 1.165) is 9.26 Å². The van der Waals surface area contributed by atoms with Gasteiger partial charge >= 0.3 is 0 Å². The number of benzene rings is 1. The second-order valence-electron chi connectivity index (χ2n) is 2.98. The number of aromatic nitrogens is 3. The Bertz CT molecular complexity index is 524. The summed E-state index contributed by atoms with van der Waals surface area (Å²) in [4.78, 5) is 15.4. The summed E-state index contributed by atoms with van der Waals surface area (Å²) in [5, 5.41) is 8.73. The quantitative estimate of drug-likeness (QED) is 0.722. The van der Waals surface area contributed by atoms with Gasteiger partial charge in [0.2, 0.25) is 11.8 Å². The van der Waals surface area contributed by atoms with Crippen LogP contribution >= 0.6 is 22.6 Å². The summed E-state index contributed by atoms with van der Waals surface area (Å²) in [6, 6.07) is 7.43. The highest BCUT2D eigenvalue weighted by molar-refractivity contribution is 14.1. The number of nitrogen functional groups attached to an aromatic ring is 1. The highest BCUT2D eigenvalue weighted by atomic mass is 127. The highest BCUT2D eigenvalue weighted by Crippen LogP contribution is 2.17. The summed E-state index contributed by atoms with van der Waals surface area (Å²) < 4.78 is 0.945. The van der Waals surface area contributed by atoms with Crippen LogP contribution in [0.1, 0.15) is 10.6 Å². The number of nitrogens with zero attached hydrogens (tertiary/aromatic N) is 2. The first-order valence-corrected chi connectivity index (χ1v) is 5.48. The normalized spacial score (nSPS) is 10.1. The van der Waals surface area contributed by atoms with Crippen LogP contribution in [0.5, 0.6) is 0 Å². The maximum Gasteiger partial charge on any atom is 0.293 e. The molecule has 16 heavy (non-hydrogen) atoms. The fraction of sp³-hybridized carbons (Fsp3) is 0. The molecule has 0 radical (unpaired) electrons. The van der Waals surface area contributed by atoms with E-state index < -0.39 is 0 Å². The molecular formula is C9H8IN5O. The van der Waals surface area contributed by atoms with Gasteiger partial charge in [0.1, 0.15) is 0 Å². The van der Waals surface area contributed by atoms with Crippen LogP contribution in [0.4, 0.5) is 11.6 Å². The number of para-hydroxylation sites is 1. The molecule has 0 unspecified atom stereocenters. The van der Waals surface area contributed by atoms with Gasteiger partial charge in [-0.15, -0.1) is 5.10 Å². The maximum atomic E-state index is 11.7. The number of hydrogen-bond acceptors (Lipinski definition) is 4. The zero-order valence-corrected chi connectivity index (χ0v) is 10.2. The minimum absolute atomic E-state index is 0.0490. The van der Waals surface area contributed by atoms with E-state index in [-0.39, 0.29) is 17.7 Å². The van der Waals surface area contributed by atoms with Crippen LogP contribution < -0.4 is 11.1 Å². The molecular weight excluding hydrogens is 321 g/mol. The lowest BCUT2D eigenvalue weighted by Crippen LogP contribution is -2.14. The Labute approximate surface area is 105 Å². The zero-order valence-electron chi connectivity index (χ0n) is 8.07. The first-order chi connectivity index (χ1) is 7.66. The molecule has 2 aromatic rings. The van der Waals surface area contributed by atoms with Crippen molar-refractivity contribution in [2.45, 2.75) is 0 Å². The van der Waals surface area contributed by atoms with E-state index in [9.17, 15) is 4.79 Å². The van der Waals surface area contributed by atoms with Crippen molar-refractivity contribution in [1.29, 1.82) is 0 Å². The second-order valence-corrected chi connectivity index (χ2v) is 4.14. The third kappa shape index (κ3) is 2.30. The number of halogens is 1. The van der Waals surface area contributed by atoms with Crippen molar-refractivity contribution < 1.29 is 4.79 Å². The smallest absolute Gasteiger partial charge is 0.293 e. The second kappa shape index (κ2) is 4.47. The van der Waals surface area contributed by atoms with Gasteiger partial charge in [-0.2, -0.15) is 4.98 Å². The van der Waals surface area contributed by atoms with Gasteiger partial charge < -0.3 is 11.1 Å². The lowest BCUT2D eigenvalue weighted by Gasteiger charge is -2.04. The summed E-state index contributed by atoms with van der Waals surface area (Å²) in [6.45, 7) is 0. The van der Waals surface area contributed by atoms with Crippen LogP contribution in [-0.2, 0) is 0 Å². The molecule has 0 saturated heterocycles. The number of aromatic amines is 1. The molecule has 2 rings (SSSR count). The average Bonchev–Trinajstić information content (AvgIpc) is 2.68. The van der Waals surface area contributed by atoms with Crippen molar-refractivity contribution in [1.82, 2.24) is 15.2 Å². The fourth-order valence-corrected chi connectivity index (χ4v) is 1.64. The van der Waals surface area contributed by atoms with Gasteiger partial charge in [-0.05, 0) is 34.7 Å². The van der Waals surface area contributed by atoms with Gasteiger partial charge in [0.15, 0.2) is 0 Å². The van der Waals surface area contributed by atoms with Crippen LogP contribution in [-0.4, -0.2) is 21.1 Å². The number of H-pyrrole nitrogens is 1. The molecule has 0 aliphatic heterocycles. The average molecular weight is 329 g/mol. The Morgan fingerprint density at radius 1 is 1.44 bits per heavy atom. The molecule has 0 spiro atoms. The van der Waals surface area contributed by atoms with Crippen molar-refractivity contribution in [2.75, 3.05) is 11.1 Å². The molecule has 0 bridgehead atoms. The molecule has 0 saturated carbocycles. The van der Waals surface area contributed by atoms with Crippen LogP contribution in [0.25, 0.3) is 0 Å². The summed E-state index contributed by atoms with van der Waals surface area (Å²) in [5.41, 5.74) is 6.03. The van der Waals surface area contributed by atoms with Crippen molar-refractivity contribution in [3.8, 4) is 0 Å². The third-order valence-corrected chi connectivity index (χ3v) is 2.78. The molecule has 4 N–H and O–H groups in total. The number of nitrogens with one attached hydrogen (secondary N) is 2. The van der Waals surface area contributed by atoms with E-state index in [0.29, 0.717) is 0 Å². The number of rotatable bonds is 2. The Hall–Kier alpha value is -1.64. The highest BCUT2D eigenvalue weighted by Gasteiger charge is 2.11. The molecule has 0 fully saturated rings. The number of hydrogen-bond donors (Lipinski definition) is 3. The van der Waals surface area contributed by atoms with Gasteiger partial charge in [0, 0.05) is 3.57 Å². The predicted molar refractivity (Wildman–Crippen MR) is 67.9 cm³/mol. The summed E-state index contributed by atoms with van der Waals surface area (Å²) in [7, 11) is 0. The number of amides is 1. The van der Waals surface area contributed by atoms with Gasteiger partial charge in [-0.1, -0.05) is 12.1 Å². The molecule has 82 valence electrons. The van der Waals surface area contributed by atoms with Crippen molar-refractivity contribution in [3.63, 3.8) is 0 Å². The van der Waals surface area contributed by atoms with E-state index in [2.05, 4.69) is 43.1 Å². The summed E-state index contributed by atoms with van der Waals surface area (Å²) >= 11 is 2.13. The monoisotopic (exact) mass is 329 g/mol. The molecule has 0 atom stereocenters. The minimum atomic E-state index is -0.367. The molecule has 1 heterocycles. The maximum absolute atomic E-state index is 11.7. The van der Waals surface area contributed by atoms with E-state index in [1.54, 1.807) is 6.07 Å². The number of carbonyl (C=O) groups excluding carboxylic acids is 1. The molecule has 1 aromatic carbocycles. The standard InChI is InChI=1S/C9H8IN5O/c10-5-3-1-2-4-6(5)12-8(16)7-13-9(11)15-14-7/h1-4H,(H,12,16)(H3,11,13,14,15). The van der Waals surface area contributed by atoms with E-state index >= 15 is 0 Å². The largest absolute Gasteiger partial charge is 0.366 e. The van der Waals surface area contributed by atoms with Crippen molar-refractivity contribution >= 4 is 40.1 Å². The minimum Gasteiger partial charge on any atom is -0.366 e. The van der Waals surface area contributed by atoms with Gasteiger partial charge in [0.25, 0.3) is 5.91 Å². The molecule has 0 aliphatic carbocycles. The summed E-state index contributed by atoms with van der Waals surface area (Å²) in [6.07, 6.45) is 0. The topological polar surface area (TPSA) is 96.7 Å². The van der Waals surface area contributed by atoms with E-state index in [1.165, 1.54) is 0 Å². The first kappa shape index (κ1) is 10.9. The Kier molecular flexibility index (Phi) is 3.04. The SMILES string of the molecule is Nc1n[nH]c(C(=O)Nc2ccccc2I)n1. The Morgan fingerprint density at radius 3 is 2.81 bits per heavy atom. The van der Waals surface area contributed by atoms with E-state index in [1.807, 2.05) is 18.2 Å². The third-order valence-electron chi connectivity index (χ3n) is 1.84. The zero-order chi connectivity index (χ0) is 11.5. The lowest BCUT2D eigenvalue weighted by molar-refractivity contribution is 0.101. The lowest BCUT2D eigenvalue weighted by atomic mass is 10.3. The Morgan fingerprint density at radius 2 is 2.19 bits per heavy atom. The van der Waals surface area contributed by atoms with Crippen LogP contribution in [0, 0.1) is 3.57 Å². The van der Waals surface area contributed by atoms with Crippen molar-refractivity contribution in [2.24, 2.45) is 0 Å². The van der Waals surface area contributed by atoms with Crippen LogP contribution in [0.3, 0.4) is 0 Å². The number of carbonyl (C=O) groups is 1. The van der Waals surface area contributed by atoms with E-state index in [4.69, 9.17) is 5.73 Å². The van der Waals surface area contributed by atoms with Gasteiger partial charge in [0.05, 0.1) is 5.69 Å². The Balaban J connectivity index is 2.17. The molecule has 6 nitrogen and oxygen atoms in total. The van der Waals surface area contributed by atoms with Crippen LogP contribution in [0.15, 0.2) is 24.3 Å². The molecule has 1 amide bonds. The molecule has 7 heteroatoms. The van der Waals surface area contributed by atoms with Crippen LogP contribution in [0.2, 0.25) is 0 Å². The molecule has 0 aliphatic rings. The fourth-order valence-electron chi connectivity index (χ4n) is 1.12. The molecule has 1 aromatic heterocycles. The van der Waals surface area contributed by atoms with Crippen molar-refractivity contribution in [3.05, 3.63) is 33.7 Å².